The van der Waals surface area contributed by atoms with E-state index in [-0.39, 0.29) is 0 Å². The number of H-pyrrole nitrogens is 1. The number of aromatic nitrogens is 3. The van der Waals surface area contributed by atoms with Crippen molar-refractivity contribution in [3.05, 3.63) is 84.7 Å². The Labute approximate surface area is 195 Å². The third-order valence-electron chi connectivity index (χ3n) is 6.77. The SMILES string of the molecule is CCCCC(CC)Cc1ccc(-c2ccc3[nH]c4cnc(-c5ccccn5)cc4c3c2)cc1. The van der Waals surface area contributed by atoms with Gasteiger partial charge in [-0.3, -0.25) is 9.97 Å². The van der Waals surface area contributed by atoms with Crippen LogP contribution in [0.3, 0.4) is 0 Å². The Kier molecular flexibility index (Phi) is 6.21. The molecular formula is C30H31N3. The molecule has 0 aliphatic heterocycles. The van der Waals surface area contributed by atoms with Gasteiger partial charge >= 0.3 is 0 Å². The van der Waals surface area contributed by atoms with E-state index in [0.717, 1.165) is 28.3 Å². The van der Waals surface area contributed by atoms with Crippen molar-refractivity contribution in [2.24, 2.45) is 5.92 Å². The van der Waals surface area contributed by atoms with Crippen LogP contribution in [0.25, 0.3) is 44.3 Å². The van der Waals surface area contributed by atoms with E-state index in [0.29, 0.717) is 0 Å². The lowest BCUT2D eigenvalue weighted by Crippen LogP contribution is -2.03. The maximum Gasteiger partial charge on any atom is 0.0893 e. The van der Waals surface area contributed by atoms with Crippen LogP contribution >= 0.6 is 0 Å². The van der Waals surface area contributed by atoms with Gasteiger partial charge in [-0.05, 0) is 59.4 Å². The van der Waals surface area contributed by atoms with Crippen molar-refractivity contribution in [1.82, 2.24) is 15.0 Å². The molecule has 0 aliphatic carbocycles. The van der Waals surface area contributed by atoms with Crippen molar-refractivity contribution in [3.8, 4) is 22.5 Å². The first-order chi connectivity index (χ1) is 16.2. The van der Waals surface area contributed by atoms with Crippen LogP contribution in [0.15, 0.2) is 79.1 Å². The molecule has 3 heteroatoms. The number of hydrogen-bond donors (Lipinski definition) is 1. The van der Waals surface area contributed by atoms with E-state index >= 15 is 0 Å². The zero-order valence-electron chi connectivity index (χ0n) is 19.5. The lowest BCUT2D eigenvalue weighted by Gasteiger charge is -2.14. The van der Waals surface area contributed by atoms with Crippen molar-refractivity contribution >= 4 is 21.8 Å². The van der Waals surface area contributed by atoms with Crippen LogP contribution in [0.5, 0.6) is 0 Å². The maximum atomic E-state index is 4.62. The highest BCUT2D eigenvalue weighted by molar-refractivity contribution is 6.09. The van der Waals surface area contributed by atoms with Gasteiger partial charge in [0.1, 0.15) is 0 Å². The highest BCUT2D eigenvalue weighted by Crippen LogP contribution is 2.32. The molecule has 0 amide bonds. The summed E-state index contributed by atoms with van der Waals surface area (Å²) in [7, 11) is 0. The van der Waals surface area contributed by atoms with Crippen molar-refractivity contribution in [2.45, 2.75) is 46.0 Å². The Balaban J connectivity index is 1.45. The van der Waals surface area contributed by atoms with Gasteiger partial charge in [0.25, 0.3) is 0 Å². The van der Waals surface area contributed by atoms with Gasteiger partial charge in [-0.2, -0.15) is 0 Å². The average Bonchev–Trinajstić information content (AvgIpc) is 3.24. The molecular weight excluding hydrogens is 402 g/mol. The summed E-state index contributed by atoms with van der Waals surface area (Å²) in [4.78, 5) is 12.6. The predicted molar refractivity (Wildman–Crippen MR) is 139 cm³/mol. The lowest BCUT2D eigenvalue weighted by atomic mass is 9.91. The molecule has 5 rings (SSSR count). The first kappa shape index (κ1) is 21.4. The summed E-state index contributed by atoms with van der Waals surface area (Å²) < 4.78 is 0. The zero-order valence-corrected chi connectivity index (χ0v) is 19.5. The minimum absolute atomic E-state index is 0.792. The minimum atomic E-state index is 0.792. The quantitative estimate of drug-likeness (QED) is 0.268. The number of nitrogens with one attached hydrogen (secondary N) is 1. The van der Waals surface area contributed by atoms with E-state index < -0.39 is 0 Å². The smallest absolute Gasteiger partial charge is 0.0893 e. The topological polar surface area (TPSA) is 41.6 Å². The highest BCUT2D eigenvalue weighted by Gasteiger charge is 2.11. The maximum absolute atomic E-state index is 4.62. The molecule has 0 aliphatic rings. The van der Waals surface area contributed by atoms with Crippen molar-refractivity contribution in [1.29, 1.82) is 0 Å². The molecule has 3 nitrogen and oxygen atoms in total. The second kappa shape index (κ2) is 9.58. The molecule has 0 spiro atoms. The highest BCUT2D eigenvalue weighted by atomic mass is 14.8. The van der Waals surface area contributed by atoms with Crippen molar-refractivity contribution < 1.29 is 0 Å². The number of unbranched alkanes of at least 4 members (excludes halogenated alkanes) is 1. The fourth-order valence-electron chi connectivity index (χ4n) is 4.74. The van der Waals surface area contributed by atoms with Gasteiger partial charge in [-0.25, -0.2) is 0 Å². The summed E-state index contributed by atoms with van der Waals surface area (Å²) in [6, 6.07) is 23.9. The first-order valence-corrected chi connectivity index (χ1v) is 12.2. The van der Waals surface area contributed by atoms with E-state index in [1.807, 2.05) is 30.6 Å². The molecule has 0 bridgehead atoms. The number of benzene rings is 2. The number of aromatic amines is 1. The molecule has 3 heterocycles. The average molecular weight is 434 g/mol. The molecule has 0 saturated heterocycles. The lowest BCUT2D eigenvalue weighted by molar-refractivity contribution is 0.449. The normalized spacial score (nSPS) is 12.4. The summed E-state index contributed by atoms with van der Waals surface area (Å²) in [5.41, 5.74) is 7.92. The summed E-state index contributed by atoms with van der Waals surface area (Å²) in [5, 5.41) is 2.40. The molecule has 3 aromatic heterocycles. The van der Waals surface area contributed by atoms with Gasteiger partial charge in [-0.1, -0.05) is 75.9 Å². The van der Waals surface area contributed by atoms with Crippen LogP contribution in [0.2, 0.25) is 0 Å². The largest absolute Gasteiger partial charge is 0.353 e. The number of pyridine rings is 2. The van der Waals surface area contributed by atoms with Crippen molar-refractivity contribution in [2.75, 3.05) is 0 Å². The summed E-state index contributed by atoms with van der Waals surface area (Å²) in [6.07, 6.45) is 10.1. The summed E-state index contributed by atoms with van der Waals surface area (Å²) in [6.45, 7) is 4.60. The molecule has 0 fully saturated rings. The zero-order chi connectivity index (χ0) is 22.6. The van der Waals surface area contributed by atoms with Crippen LogP contribution in [-0.2, 0) is 6.42 Å². The first-order valence-electron chi connectivity index (χ1n) is 12.2. The van der Waals surface area contributed by atoms with Gasteiger partial charge in [0, 0.05) is 22.5 Å². The number of rotatable bonds is 8. The van der Waals surface area contributed by atoms with E-state index in [9.17, 15) is 0 Å². The Morgan fingerprint density at radius 2 is 1.61 bits per heavy atom. The number of hydrogen-bond acceptors (Lipinski definition) is 2. The van der Waals surface area contributed by atoms with Crippen LogP contribution in [0.1, 0.15) is 45.1 Å². The monoisotopic (exact) mass is 433 g/mol. The third-order valence-corrected chi connectivity index (χ3v) is 6.77. The standard InChI is InChI=1S/C30H31N3/c1-3-5-8-21(4-2)17-22-10-12-23(13-11-22)24-14-15-27-25(18-24)26-19-29(32-20-30(26)33-27)28-9-6-7-16-31-28/h6-7,9-16,18-21,33H,3-5,8,17H2,1-2H3. The number of nitrogens with zero attached hydrogens (tertiary/aromatic N) is 2. The third kappa shape index (κ3) is 4.54. The van der Waals surface area contributed by atoms with Crippen molar-refractivity contribution in [3.63, 3.8) is 0 Å². The van der Waals surface area contributed by atoms with Gasteiger partial charge in [-0.15, -0.1) is 0 Å². The minimum Gasteiger partial charge on any atom is -0.353 e. The molecule has 0 saturated carbocycles. The Morgan fingerprint density at radius 1 is 0.788 bits per heavy atom. The van der Waals surface area contributed by atoms with Gasteiger partial charge in [0.2, 0.25) is 0 Å². The fraction of sp³-hybridized carbons (Fsp3) is 0.267. The van der Waals surface area contributed by atoms with E-state index in [1.54, 1.807) is 0 Å². The van der Waals surface area contributed by atoms with Gasteiger partial charge in [0.05, 0.1) is 23.1 Å². The fourth-order valence-corrected chi connectivity index (χ4v) is 4.74. The van der Waals surface area contributed by atoms with Gasteiger partial charge < -0.3 is 4.98 Å². The Morgan fingerprint density at radius 3 is 2.36 bits per heavy atom. The molecule has 2 aromatic carbocycles. The van der Waals surface area contributed by atoms with Crippen LogP contribution in [0, 0.1) is 5.92 Å². The molecule has 33 heavy (non-hydrogen) atoms. The van der Waals surface area contributed by atoms with E-state index in [2.05, 4.69) is 77.3 Å². The molecule has 1 atom stereocenters. The molecule has 166 valence electrons. The second-order valence-electron chi connectivity index (χ2n) is 9.03. The Hall–Kier alpha value is -3.46. The predicted octanol–water partition coefficient (Wildman–Crippen LogP) is 8.20. The van der Waals surface area contributed by atoms with Gasteiger partial charge in [0.15, 0.2) is 0 Å². The molecule has 0 radical (unpaired) electrons. The Bertz CT molecular complexity index is 1350. The van der Waals surface area contributed by atoms with Crippen LogP contribution < -0.4 is 0 Å². The van der Waals surface area contributed by atoms with E-state index in [1.165, 1.54) is 59.6 Å². The van der Waals surface area contributed by atoms with Crippen LogP contribution in [-0.4, -0.2) is 15.0 Å². The summed E-state index contributed by atoms with van der Waals surface area (Å²) >= 11 is 0. The van der Waals surface area contributed by atoms with Crippen LogP contribution in [0.4, 0.5) is 0 Å². The summed E-state index contributed by atoms with van der Waals surface area (Å²) in [5.74, 6) is 0.792. The molecule has 1 unspecified atom stereocenters. The molecule has 1 N–H and O–H groups in total. The second-order valence-corrected chi connectivity index (χ2v) is 9.03. The van der Waals surface area contributed by atoms with E-state index in [4.69, 9.17) is 0 Å². The number of fused-ring (bicyclic) bond motifs is 3. The molecule has 5 aromatic rings.